The maximum Gasteiger partial charge on any atom is 0.344 e. The molecule has 1 atom stereocenters. The Balaban J connectivity index is 1.38. The van der Waals surface area contributed by atoms with Gasteiger partial charge >= 0.3 is 5.97 Å². The van der Waals surface area contributed by atoms with Gasteiger partial charge in [0, 0.05) is 33.8 Å². The highest BCUT2D eigenvalue weighted by molar-refractivity contribution is 6.08. The molecule has 6 nitrogen and oxygen atoms in total. The van der Waals surface area contributed by atoms with Gasteiger partial charge in [0.1, 0.15) is 12.4 Å². The number of oxime groups is 1. The van der Waals surface area contributed by atoms with Gasteiger partial charge in [0.05, 0.1) is 12.3 Å². The number of nitrogens with zero attached hydrogens (tertiary/aromatic N) is 2. The molecule has 0 bridgehead atoms. The summed E-state index contributed by atoms with van der Waals surface area (Å²) in [5, 5.41) is 16.4. The summed E-state index contributed by atoms with van der Waals surface area (Å²) in [6.45, 7) is 4.79. The first-order chi connectivity index (χ1) is 19.0. The van der Waals surface area contributed by atoms with Gasteiger partial charge in [0.25, 0.3) is 0 Å². The van der Waals surface area contributed by atoms with Gasteiger partial charge in [0.2, 0.25) is 0 Å². The molecule has 0 saturated heterocycles. The summed E-state index contributed by atoms with van der Waals surface area (Å²) in [5.41, 5.74) is 6.02. The first-order valence-electron chi connectivity index (χ1n) is 13.2. The van der Waals surface area contributed by atoms with Crippen LogP contribution in [0.2, 0.25) is 0 Å². The number of aryl methyl sites for hydroxylation is 1. The van der Waals surface area contributed by atoms with Crippen LogP contribution in [0.15, 0.2) is 102 Å². The fraction of sp³-hybridized carbons (Fsp3) is 0.212. The lowest BCUT2D eigenvalue weighted by molar-refractivity contribution is -0.145. The molecule has 0 amide bonds. The number of aliphatic carboxylic acids is 1. The van der Waals surface area contributed by atoms with Gasteiger partial charge in [-0.25, -0.2) is 4.79 Å². The molecule has 1 unspecified atom stereocenters. The van der Waals surface area contributed by atoms with Gasteiger partial charge in [-0.05, 0) is 54.8 Å². The molecule has 5 rings (SSSR count). The Hall–Kier alpha value is -4.58. The highest BCUT2D eigenvalue weighted by Gasteiger charge is 2.18. The highest BCUT2D eigenvalue weighted by atomic mass is 16.6. The number of fused-ring (bicyclic) bond motifs is 3. The molecule has 0 spiro atoms. The molecule has 1 N–H and O–H groups in total. The van der Waals surface area contributed by atoms with Crippen molar-refractivity contribution in [2.75, 3.05) is 6.61 Å². The molecule has 0 aliphatic carbocycles. The minimum atomic E-state index is -0.969. The Morgan fingerprint density at radius 1 is 0.897 bits per heavy atom. The third-order valence-electron chi connectivity index (χ3n) is 6.90. The van der Waals surface area contributed by atoms with E-state index < -0.39 is 12.1 Å². The zero-order valence-corrected chi connectivity index (χ0v) is 22.2. The number of carboxylic acid groups (broad SMARTS) is 1. The van der Waals surface area contributed by atoms with Crippen LogP contribution in [-0.4, -0.2) is 34.1 Å². The third kappa shape index (κ3) is 5.80. The fourth-order valence-corrected chi connectivity index (χ4v) is 4.90. The van der Waals surface area contributed by atoms with Crippen molar-refractivity contribution in [3.05, 3.63) is 114 Å². The molecule has 5 aromatic rings. The molecule has 1 heterocycles. The van der Waals surface area contributed by atoms with Crippen LogP contribution in [0.1, 0.15) is 30.0 Å². The van der Waals surface area contributed by atoms with Gasteiger partial charge in [-0.3, -0.25) is 0 Å². The van der Waals surface area contributed by atoms with Gasteiger partial charge in [-0.1, -0.05) is 78.8 Å². The maximum atomic E-state index is 11.4. The van der Waals surface area contributed by atoms with Crippen LogP contribution in [0.25, 0.3) is 21.8 Å². The second kappa shape index (κ2) is 11.9. The Morgan fingerprint density at radius 3 is 2.15 bits per heavy atom. The Labute approximate surface area is 228 Å². The summed E-state index contributed by atoms with van der Waals surface area (Å²) in [4.78, 5) is 17.4. The molecule has 198 valence electrons. The summed E-state index contributed by atoms with van der Waals surface area (Å²) >= 11 is 0. The maximum absolute atomic E-state index is 11.4. The molecule has 0 aliphatic rings. The first-order valence-corrected chi connectivity index (χ1v) is 13.2. The topological polar surface area (TPSA) is 73.0 Å². The van der Waals surface area contributed by atoms with Crippen LogP contribution in [-0.2, 0) is 22.6 Å². The summed E-state index contributed by atoms with van der Waals surface area (Å²) < 4.78 is 8.02. The van der Waals surface area contributed by atoms with Gasteiger partial charge in [-0.15, -0.1) is 0 Å². The largest absolute Gasteiger partial charge is 0.479 e. The van der Waals surface area contributed by atoms with Crippen molar-refractivity contribution in [3.63, 3.8) is 0 Å². The normalized spacial score (nSPS) is 12.5. The van der Waals surface area contributed by atoms with Crippen LogP contribution in [0.3, 0.4) is 0 Å². The number of rotatable bonds is 11. The van der Waals surface area contributed by atoms with Crippen molar-refractivity contribution < 1.29 is 19.5 Å². The molecular formula is C33H32N2O4. The summed E-state index contributed by atoms with van der Waals surface area (Å²) in [5.74, 6) is -0.414. The molecule has 6 heteroatoms. The van der Waals surface area contributed by atoms with E-state index in [1.54, 1.807) is 6.92 Å². The molecule has 39 heavy (non-hydrogen) atoms. The standard InChI is InChI=1S/C33H32N2O4/c1-3-31(33(36)37)39-32-18-17-25(21-23(32)2)28(22-24-11-5-4-6-12-24)34-38-20-19-35-29-15-9-7-13-26(29)27-14-8-10-16-30(27)35/h4-18,21,31H,3,19-20,22H2,1-2H3,(H,36,37). The minimum absolute atomic E-state index is 0.386. The average molecular weight is 521 g/mol. The monoisotopic (exact) mass is 520 g/mol. The smallest absolute Gasteiger partial charge is 0.344 e. The minimum Gasteiger partial charge on any atom is -0.479 e. The third-order valence-corrected chi connectivity index (χ3v) is 6.90. The van der Waals surface area contributed by atoms with Crippen LogP contribution in [0, 0.1) is 6.92 Å². The number of carbonyl (C=O) groups is 1. The van der Waals surface area contributed by atoms with Crippen LogP contribution < -0.4 is 4.74 Å². The van der Waals surface area contributed by atoms with Crippen LogP contribution >= 0.6 is 0 Å². The van der Waals surface area contributed by atoms with E-state index in [0.29, 0.717) is 31.7 Å². The number of carboxylic acids is 1. The lowest BCUT2D eigenvalue weighted by Gasteiger charge is -2.16. The number of ether oxygens (including phenoxy) is 1. The molecule has 0 fully saturated rings. The van der Waals surface area contributed by atoms with Crippen molar-refractivity contribution in [1.29, 1.82) is 0 Å². The molecule has 1 aromatic heterocycles. The van der Waals surface area contributed by atoms with E-state index in [1.165, 1.54) is 21.8 Å². The number of para-hydroxylation sites is 2. The number of hydrogen-bond acceptors (Lipinski definition) is 4. The van der Waals surface area contributed by atoms with Crippen molar-refractivity contribution in [2.24, 2.45) is 5.16 Å². The second-order valence-electron chi connectivity index (χ2n) is 9.55. The fourth-order valence-electron chi connectivity index (χ4n) is 4.90. The molecule has 4 aromatic carbocycles. The summed E-state index contributed by atoms with van der Waals surface area (Å²) in [7, 11) is 0. The zero-order chi connectivity index (χ0) is 27.2. The molecular weight excluding hydrogens is 488 g/mol. The van der Waals surface area contributed by atoms with Gasteiger partial charge in [0.15, 0.2) is 6.10 Å². The lowest BCUT2D eigenvalue weighted by Crippen LogP contribution is -2.26. The van der Waals surface area contributed by atoms with Crippen molar-refractivity contribution in [1.82, 2.24) is 4.57 Å². The lowest BCUT2D eigenvalue weighted by atomic mass is 10.0. The summed E-state index contributed by atoms with van der Waals surface area (Å²) in [6, 6.07) is 32.7. The molecule has 0 saturated carbocycles. The Kier molecular flexibility index (Phi) is 7.92. The van der Waals surface area contributed by atoms with E-state index in [9.17, 15) is 9.90 Å². The Morgan fingerprint density at radius 2 is 1.54 bits per heavy atom. The van der Waals surface area contributed by atoms with Gasteiger partial charge in [-0.2, -0.15) is 0 Å². The zero-order valence-electron chi connectivity index (χ0n) is 22.2. The van der Waals surface area contributed by atoms with Crippen LogP contribution in [0.4, 0.5) is 0 Å². The van der Waals surface area contributed by atoms with E-state index in [4.69, 9.17) is 9.57 Å². The number of benzene rings is 4. The van der Waals surface area contributed by atoms with Crippen molar-refractivity contribution in [3.8, 4) is 5.75 Å². The van der Waals surface area contributed by atoms with E-state index >= 15 is 0 Å². The van der Waals surface area contributed by atoms with Crippen molar-refractivity contribution in [2.45, 2.75) is 39.3 Å². The SMILES string of the molecule is CCC(Oc1ccc(C(Cc2ccccc2)=NOCCn2c3ccccc3c3ccccc32)cc1C)C(=O)O. The average Bonchev–Trinajstić information content (AvgIpc) is 3.28. The highest BCUT2D eigenvalue weighted by Crippen LogP contribution is 2.28. The molecule has 0 aliphatic heterocycles. The van der Waals surface area contributed by atoms with E-state index in [2.05, 4.69) is 70.4 Å². The summed E-state index contributed by atoms with van der Waals surface area (Å²) in [6.07, 6.45) is 0.107. The molecule has 0 radical (unpaired) electrons. The Bertz CT molecular complexity index is 1570. The number of aromatic nitrogens is 1. The van der Waals surface area contributed by atoms with E-state index in [1.807, 2.05) is 43.3 Å². The van der Waals surface area contributed by atoms with E-state index in [-0.39, 0.29) is 0 Å². The van der Waals surface area contributed by atoms with Crippen LogP contribution in [0.5, 0.6) is 5.75 Å². The van der Waals surface area contributed by atoms with E-state index in [0.717, 1.165) is 22.4 Å². The number of hydrogen-bond donors (Lipinski definition) is 1. The predicted molar refractivity (Wildman–Crippen MR) is 156 cm³/mol. The van der Waals surface area contributed by atoms with Crippen molar-refractivity contribution >= 4 is 33.5 Å². The quantitative estimate of drug-likeness (QED) is 0.116. The predicted octanol–water partition coefficient (Wildman–Crippen LogP) is 7.01. The van der Waals surface area contributed by atoms with Gasteiger partial charge < -0.3 is 19.2 Å². The second-order valence-corrected chi connectivity index (χ2v) is 9.55. The first kappa shape index (κ1) is 26.0.